The summed E-state index contributed by atoms with van der Waals surface area (Å²) in [5, 5.41) is 23.8. The lowest BCUT2D eigenvalue weighted by Crippen LogP contribution is -2.46. The maximum Gasteiger partial charge on any atom is 0.306 e. The molecular weight excluding hydrogens is 791 g/mol. The van der Waals surface area contributed by atoms with E-state index in [0.717, 1.165) is 96.3 Å². The van der Waals surface area contributed by atoms with Gasteiger partial charge in [0.05, 0.1) is 25.2 Å². The molecule has 1 amide bonds. The number of amides is 1. The number of aliphatic hydroxyl groups is 2. The molecule has 64 heavy (non-hydrogen) atoms. The molecule has 0 aromatic carbocycles. The van der Waals surface area contributed by atoms with Gasteiger partial charge in [-0.3, -0.25) is 9.59 Å². The molecular formula is C58H105NO5. The standard InChI is InChI=1S/C58H105NO5/c1-4-7-10-13-16-19-22-24-26-27-28-29-31-33-36-39-42-45-48-51-58(63)64-54(49-46-43-40-37-34-21-18-15-12-9-6-3)52-57(62)59-55(53-60)56(61)50-47-44-41-38-35-32-30-25-23-20-17-14-11-8-5-2/h7,10,16,19,24,26,28-29,33,36,54-56,60-61H,4-6,8-9,11-15,17-18,20-23,25,27,30-32,34-35,37-53H2,1-3H3,(H,59,62)/b10-7-,19-16-,26-24-,29-28-,36-33-. The Morgan fingerprint density at radius 1 is 0.469 bits per heavy atom. The van der Waals surface area contributed by atoms with E-state index in [1.54, 1.807) is 0 Å². The number of hydrogen-bond acceptors (Lipinski definition) is 5. The molecule has 0 aromatic heterocycles. The maximum absolute atomic E-state index is 13.2. The number of ether oxygens (including phenoxy) is 1. The molecule has 3 unspecified atom stereocenters. The fourth-order valence-corrected chi connectivity index (χ4v) is 8.22. The second-order valence-electron chi connectivity index (χ2n) is 18.6. The molecule has 372 valence electrons. The summed E-state index contributed by atoms with van der Waals surface area (Å²) < 4.78 is 5.93. The van der Waals surface area contributed by atoms with Crippen LogP contribution in [0.2, 0.25) is 0 Å². The number of unbranched alkanes of at least 4 members (excludes halogenated alkanes) is 27. The molecule has 0 aliphatic rings. The first-order valence-corrected chi connectivity index (χ1v) is 27.5. The van der Waals surface area contributed by atoms with Gasteiger partial charge in [-0.2, -0.15) is 0 Å². The largest absolute Gasteiger partial charge is 0.462 e. The molecule has 0 aromatic rings. The van der Waals surface area contributed by atoms with Crippen LogP contribution in [0.3, 0.4) is 0 Å². The first-order valence-electron chi connectivity index (χ1n) is 27.5. The maximum atomic E-state index is 13.2. The molecule has 0 rings (SSSR count). The van der Waals surface area contributed by atoms with Crippen molar-refractivity contribution in [2.75, 3.05) is 6.61 Å². The van der Waals surface area contributed by atoms with Gasteiger partial charge >= 0.3 is 5.97 Å². The highest BCUT2D eigenvalue weighted by Gasteiger charge is 2.24. The van der Waals surface area contributed by atoms with E-state index in [1.807, 2.05) is 0 Å². The molecule has 0 bridgehead atoms. The Bertz CT molecular complexity index is 1140. The molecule has 0 aliphatic carbocycles. The van der Waals surface area contributed by atoms with E-state index >= 15 is 0 Å². The van der Waals surface area contributed by atoms with E-state index in [-0.39, 0.29) is 24.9 Å². The third-order valence-corrected chi connectivity index (χ3v) is 12.4. The predicted molar refractivity (Wildman–Crippen MR) is 278 cm³/mol. The van der Waals surface area contributed by atoms with Crippen molar-refractivity contribution in [2.45, 2.75) is 289 Å². The zero-order chi connectivity index (χ0) is 46.7. The summed E-state index contributed by atoms with van der Waals surface area (Å²) in [5.74, 6) is -0.504. The summed E-state index contributed by atoms with van der Waals surface area (Å²) in [6, 6.07) is -0.708. The van der Waals surface area contributed by atoms with Crippen molar-refractivity contribution in [3.05, 3.63) is 60.8 Å². The number of nitrogens with one attached hydrogen (secondary N) is 1. The van der Waals surface area contributed by atoms with Crippen molar-refractivity contribution in [3.8, 4) is 0 Å². The molecule has 6 heteroatoms. The van der Waals surface area contributed by atoms with E-state index in [1.165, 1.54) is 128 Å². The summed E-state index contributed by atoms with van der Waals surface area (Å²) >= 11 is 0. The Balaban J connectivity index is 4.54. The van der Waals surface area contributed by atoms with Gasteiger partial charge in [0.2, 0.25) is 5.91 Å². The Morgan fingerprint density at radius 3 is 1.27 bits per heavy atom. The van der Waals surface area contributed by atoms with Gasteiger partial charge in [0.1, 0.15) is 6.10 Å². The van der Waals surface area contributed by atoms with E-state index in [0.29, 0.717) is 19.3 Å². The highest BCUT2D eigenvalue weighted by molar-refractivity contribution is 5.77. The molecule has 0 saturated carbocycles. The number of rotatable bonds is 49. The van der Waals surface area contributed by atoms with Gasteiger partial charge in [-0.15, -0.1) is 0 Å². The lowest BCUT2D eigenvalue weighted by molar-refractivity contribution is -0.151. The zero-order valence-corrected chi connectivity index (χ0v) is 42.4. The first-order chi connectivity index (χ1) is 31.5. The van der Waals surface area contributed by atoms with Gasteiger partial charge < -0.3 is 20.3 Å². The average molecular weight is 896 g/mol. The second kappa shape index (κ2) is 51.5. The fraction of sp³-hybridized carbons (Fsp3) is 0.793. The Labute approximate surface area is 397 Å². The topological polar surface area (TPSA) is 95.9 Å². The van der Waals surface area contributed by atoms with Crippen LogP contribution in [-0.2, 0) is 14.3 Å². The molecule has 0 saturated heterocycles. The van der Waals surface area contributed by atoms with E-state index in [2.05, 4.69) is 86.8 Å². The van der Waals surface area contributed by atoms with Crippen molar-refractivity contribution in [1.29, 1.82) is 0 Å². The van der Waals surface area contributed by atoms with Crippen LogP contribution in [0.15, 0.2) is 60.8 Å². The number of allylic oxidation sites excluding steroid dienone is 10. The molecule has 0 fully saturated rings. The van der Waals surface area contributed by atoms with Gasteiger partial charge in [0.25, 0.3) is 0 Å². The van der Waals surface area contributed by atoms with Crippen LogP contribution in [0.25, 0.3) is 0 Å². The number of carbonyl (C=O) groups excluding carboxylic acids is 2. The van der Waals surface area contributed by atoms with Gasteiger partial charge in [-0.05, 0) is 70.6 Å². The van der Waals surface area contributed by atoms with Crippen molar-refractivity contribution >= 4 is 11.9 Å². The highest BCUT2D eigenvalue weighted by Crippen LogP contribution is 2.18. The van der Waals surface area contributed by atoms with Crippen molar-refractivity contribution in [3.63, 3.8) is 0 Å². The van der Waals surface area contributed by atoms with Crippen LogP contribution in [0, 0.1) is 0 Å². The third kappa shape index (κ3) is 46.1. The van der Waals surface area contributed by atoms with Crippen LogP contribution >= 0.6 is 0 Å². The van der Waals surface area contributed by atoms with Gasteiger partial charge in [-0.1, -0.05) is 248 Å². The number of hydrogen-bond donors (Lipinski definition) is 3. The van der Waals surface area contributed by atoms with Gasteiger partial charge in [0, 0.05) is 6.42 Å². The lowest BCUT2D eigenvalue weighted by Gasteiger charge is -2.24. The number of esters is 1. The smallest absolute Gasteiger partial charge is 0.306 e. The monoisotopic (exact) mass is 896 g/mol. The summed E-state index contributed by atoms with van der Waals surface area (Å²) in [7, 11) is 0. The molecule has 3 N–H and O–H groups in total. The predicted octanol–water partition coefficient (Wildman–Crippen LogP) is 16.8. The minimum atomic E-state index is -0.793. The van der Waals surface area contributed by atoms with Crippen LogP contribution in [0.5, 0.6) is 0 Å². The number of carbonyl (C=O) groups is 2. The quantitative estimate of drug-likeness (QED) is 0.0321. The molecule has 6 nitrogen and oxygen atoms in total. The van der Waals surface area contributed by atoms with Crippen molar-refractivity contribution < 1.29 is 24.5 Å². The van der Waals surface area contributed by atoms with Crippen molar-refractivity contribution in [1.82, 2.24) is 5.32 Å². The average Bonchev–Trinajstić information content (AvgIpc) is 3.29. The molecule has 3 atom stereocenters. The molecule has 0 radical (unpaired) electrons. The molecule has 0 heterocycles. The Morgan fingerprint density at radius 2 is 0.844 bits per heavy atom. The minimum Gasteiger partial charge on any atom is -0.462 e. The van der Waals surface area contributed by atoms with Crippen LogP contribution in [-0.4, -0.2) is 46.9 Å². The highest BCUT2D eigenvalue weighted by atomic mass is 16.5. The van der Waals surface area contributed by atoms with E-state index in [9.17, 15) is 19.8 Å². The third-order valence-electron chi connectivity index (χ3n) is 12.4. The minimum absolute atomic E-state index is 0.0652. The van der Waals surface area contributed by atoms with E-state index in [4.69, 9.17) is 4.74 Å². The van der Waals surface area contributed by atoms with Gasteiger partial charge in [0.15, 0.2) is 0 Å². The summed E-state index contributed by atoms with van der Waals surface area (Å²) in [4.78, 5) is 26.2. The number of aliphatic hydroxyl groups excluding tert-OH is 2. The summed E-state index contributed by atoms with van der Waals surface area (Å²) in [6.07, 6.45) is 64.2. The first kappa shape index (κ1) is 61.6. The van der Waals surface area contributed by atoms with E-state index < -0.39 is 18.2 Å². The van der Waals surface area contributed by atoms with Crippen LogP contribution < -0.4 is 5.32 Å². The second-order valence-corrected chi connectivity index (χ2v) is 18.6. The lowest BCUT2D eigenvalue weighted by atomic mass is 10.0. The SMILES string of the molecule is CC/C=C\C/C=C\C/C=C\C/C=C\C/C=C\CCCCCC(=O)OC(CCCCCCCCCCCCC)CC(=O)NC(CO)C(O)CCCCCCCCCCCCCCCCC. The summed E-state index contributed by atoms with van der Waals surface area (Å²) in [6.45, 7) is 6.38. The molecule has 0 spiro atoms. The molecule has 0 aliphatic heterocycles. The Hall–Kier alpha value is -2.44. The van der Waals surface area contributed by atoms with Crippen LogP contribution in [0.4, 0.5) is 0 Å². The normalized spacial score (nSPS) is 13.6. The summed E-state index contributed by atoms with van der Waals surface area (Å²) in [5.41, 5.74) is 0. The van der Waals surface area contributed by atoms with Crippen LogP contribution in [0.1, 0.15) is 271 Å². The zero-order valence-electron chi connectivity index (χ0n) is 42.4. The fourth-order valence-electron chi connectivity index (χ4n) is 8.22. The Kier molecular flexibility index (Phi) is 49.6. The van der Waals surface area contributed by atoms with Crippen molar-refractivity contribution in [2.24, 2.45) is 0 Å². The van der Waals surface area contributed by atoms with Gasteiger partial charge in [-0.25, -0.2) is 0 Å².